The van der Waals surface area contributed by atoms with Crippen molar-refractivity contribution in [3.8, 4) is 0 Å². The molecule has 1 atom stereocenters. The van der Waals surface area contributed by atoms with Gasteiger partial charge < -0.3 is 4.55 Å². The van der Waals surface area contributed by atoms with Crippen LogP contribution in [0.15, 0.2) is 16.5 Å². The molecule has 0 aromatic heterocycles. The smallest absolute Gasteiger partial charge is 0.419 e. The van der Waals surface area contributed by atoms with Gasteiger partial charge in [-0.05, 0) is 18.6 Å². The van der Waals surface area contributed by atoms with E-state index in [-0.39, 0.29) is 11.8 Å². The Morgan fingerprint density at radius 2 is 1.90 bits per heavy atom. The molecule has 0 amide bonds. The lowest BCUT2D eigenvalue weighted by Crippen LogP contribution is -2.10. The molecule has 0 N–H and O–H groups in total. The van der Waals surface area contributed by atoms with E-state index in [1.807, 2.05) is 6.92 Å². The van der Waals surface area contributed by atoms with E-state index in [1.54, 1.807) is 0 Å². The van der Waals surface area contributed by atoms with Crippen molar-refractivity contribution in [2.45, 2.75) is 25.9 Å². The SMILES string of the molecule is CCCC[S+]([O-])/N=C/c1cc(F)c(C(F)(F)F)cc1F. The lowest BCUT2D eigenvalue weighted by molar-refractivity contribution is -0.140. The average molecular weight is 313 g/mol. The first-order valence-electron chi connectivity index (χ1n) is 5.74. The van der Waals surface area contributed by atoms with Crippen molar-refractivity contribution in [1.29, 1.82) is 0 Å². The summed E-state index contributed by atoms with van der Waals surface area (Å²) in [6.07, 6.45) is -2.74. The second-order valence-corrected chi connectivity index (χ2v) is 5.23. The number of benzene rings is 1. The summed E-state index contributed by atoms with van der Waals surface area (Å²) in [6, 6.07) is 0.449. The lowest BCUT2D eigenvalue weighted by Gasteiger charge is -2.09. The first-order valence-corrected chi connectivity index (χ1v) is 7.02. The molecule has 0 aliphatic carbocycles. The van der Waals surface area contributed by atoms with Crippen LogP contribution in [0, 0.1) is 11.6 Å². The number of hydrogen-bond donors (Lipinski definition) is 0. The van der Waals surface area contributed by atoms with E-state index in [9.17, 15) is 26.5 Å². The molecule has 0 aliphatic rings. The van der Waals surface area contributed by atoms with Gasteiger partial charge in [-0.15, -0.1) is 0 Å². The van der Waals surface area contributed by atoms with Crippen LogP contribution in [0.1, 0.15) is 30.9 Å². The van der Waals surface area contributed by atoms with Gasteiger partial charge in [-0.25, -0.2) is 8.78 Å². The number of rotatable bonds is 5. The van der Waals surface area contributed by atoms with Gasteiger partial charge in [-0.2, -0.15) is 13.2 Å². The van der Waals surface area contributed by atoms with Gasteiger partial charge in [0.25, 0.3) is 0 Å². The predicted molar refractivity (Wildman–Crippen MR) is 66.9 cm³/mol. The van der Waals surface area contributed by atoms with Gasteiger partial charge in [0.1, 0.15) is 17.4 Å². The van der Waals surface area contributed by atoms with Gasteiger partial charge in [0.05, 0.1) is 23.1 Å². The fourth-order valence-electron chi connectivity index (χ4n) is 1.31. The number of hydrogen-bond acceptors (Lipinski definition) is 2. The lowest BCUT2D eigenvalue weighted by atomic mass is 10.1. The van der Waals surface area contributed by atoms with Gasteiger partial charge in [-0.3, -0.25) is 0 Å². The van der Waals surface area contributed by atoms with Gasteiger partial charge in [-0.1, -0.05) is 17.7 Å². The van der Waals surface area contributed by atoms with E-state index in [0.29, 0.717) is 12.5 Å². The molecule has 1 unspecified atom stereocenters. The van der Waals surface area contributed by atoms with Crippen molar-refractivity contribution in [1.82, 2.24) is 0 Å². The molecule has 2 nitrogen and oxygen atoms in total. The van der Waals surface area contributed by atoms with Crippen LogP contribution in [0.25, 0.3) is 0 Å². The molecular formula is C12H12F5NOS. The Bertz CT molecular complexity index is 489. The summed E-state index contributed by atoms with van der Waals surface area (Å²) < 4.78 is 78.4. The standard InChI is InChI=1S/C12H12F5NOS/c1-2-3-4-20(19)18-7-8-5-11(14)9(6-10(8)13)12(15,16)17/h5-7H,2-4H2,1H3/b18-7+. The highest BCUT2D eigenvalue weighted by molar-refractivity contribution is 7.90. The molecular weight excluding hydrogens is 301 g/mol. The summed E-state index contributed by atoms with van der Waals surface area (Å²) in [7, 11) is 0. The highest BCUT2D eigenvalue weighted by Gasteiger charge is 2.35. The van der Waals surface area contributed by atoms with Crippen LogP contribution < -0.4 is 0 Å². The van der Waals surface area contributed by atoms with E-state index in [2.05, 4.69) is 4.40 Å². The second kappa shape index (κ2) is 7.03. The quantitative estimate of drug-likeness (QED) is 0.462. The fourth-order valence-corrected chi connectivity index (χ4v) is 2.19. The first-order chi connectivity index (χ1) is 9.25. The minimum Gasteiger partial charge on any atom is -0.591 e. The zero-order valence-electron chi connectivity index (χ0n) is 10.5. The third-order valence-electron chi connectivity index (χ3n) is 2.37. The predicted octanol–water partition coefficient (Wildman–Crippen LogP) is 3.87. The number of unbranched alkanes of at least 4 members (excludes halogenated alkanes) is 1. The molecule has 0 saturated heterocycles. The molecule has 20 heavy (non-hydrogen) atoms. The summed E-state index contributed by atoms with van der Waals surface area (Å²) in [5.74, 6) is -2.60. The zero-order chi connectivity index (χ0) is 15.3. The first kappa shape index (κ1) is 16.9. The maximum atomic E-state index is 13.4. The summed E-state index contributed by atoms with van der Waals surface area (Å²) in [5, 5.41) is 0. The minimum atomic E-state index is -4.97. The third kappa shape index (κ3) is 4.75. The number of halogens is 5. The molecule has 0 fully saturated rings. The molecule has 0 saturated carbocycles. The van der Waals surface area contributed by atoms with Gasteiger partial charge >= 0.3 is 6.18 Å². The van der Waals surface area contributed by atoms with Crippen molar-refractivity contribution < 1.29 is 26.5 Å². The van der Waals surface area contributed by atoms with Crippen LogP contribution in [-0.2, 0) is 17.5 Å². The van der Waals surface area contributed by atoms with Crippen LogP contribution in [0.4, 0.5) is 22.0 Å². The molecule has 1 aromatic rings. The van der Waals surface area contributed by atoms with E-state index in [1.165, 1.54) is 0 Å². The normalized spacial score (nSPS) is 13.9. The summed E-state index contributed by atoms with van der Waals surface area (Å²) >= 11 is -1.60. The van der Waals surface area contributed by atoms with Crippen molar-refractivity contribution in [3.05, 3.63) is 34.9 Å². The fraction of sp³-hybridized carbons (Fsp3) is 0.417. The van der Waals surface area contributed by atoms with Gasteiger partial charge in [0, 0.05) is 5.56 Å². The summed E-state index contributed by atoms with van der Waals surface area (Å²) in [6.45, 7) is 1.88. The van der Waals surface area contributed by atoms with Crippen molar-refractivity contribution >= 4 is 17.6 Å². The average Bonchev–Trinajstić information content (AvgIpc) is 2.35. The molecule has 1 rings (SSSR count). The van der Waals surface area contributed by atoms with Crippen molar-refractivity contribution in [3.63, 3.8) is 0 Å². The Kier molecular flexibility index (Phi) is 5.94. The van der Waals surface area contributed by atoms with Gasteiger partial charge in [0.2, 0.25) is 0 Å². The Labute approximate surface area is 116 Å². The van der Waals surface area contributed by atoms with Gasteiger partial charge in [0.15, 0.2) is 0 Å². The largest absolute Gasteiger partial charge is 0.591 e. The maximum absolute atomic E-state index is 13.4. The molecule has 0 heterocycles. The molecule has 0 bridgehead atoms. The molecule has 0 spiro atoms. The van der Waals surface area contributed by atoms with Crippen LogP contribution in [0.3, 0.4) is 0 Å². The van der Waals surface area contributed by atoms with E-state index in [0.717, 1.165) is 12.6 Å². The second-order valence-electron chi connectivity index (χ2n) is 3.96. The summed E-state index contributed by atoms with van der Waals surface area (Å²) in [5.41, 5.74) is -2.15. The molecule has 112 valence electrons. The highest BCUT2D eigenvalue weighted by Crippen LogP contribution is 2.32. The number of nitrogens with zero attached hydrogens (tertiary/aromatic N) is 1. The monoisotopic (exact) mass is 313 g/mol. The van der Waals surface area contributed by atoms with Crippen molar-refractivity contribution in [2.24, 2.45) is 4.40 Å². The Balaban J connectivity index is 2.93. The van der Waals surface area contributed by atoms with E-state index in [4.69, 9.17) is 0 Å². The third-order valence-corrected chi connectivity index (χ3v) is 3.35. The number of alkyl halides is 3. The Morgan fingerprint density at radius 3 is 2.45 bits per heavy atom. The topological polar surface area (TPSA) is 35.4 Å². The van der Waals surface area contributed by atoms with Crippen LogP contribution in [0.2, 0.25) is 0 Å². The van der Waals surface area contributed by atoms with Crippen LogP contribution in [0.5, 0.6) is 0 Å². The Morgan fingerprint density at radius 1 is 1.25 bits per heavy atom. The van der Waals surface area contributed by atoms with E-state index >= 15 is 0 Å². The molecule has 0 aliphatic heterocycles. The van der Waals surface area contributed by atoms with Crippen molar-refractivity contribution in [2.75, 3.05) is 5.75 Å². The molecule has 0 radical (unpaired) electrons. The van der Waals surface area contributed by atoms with Crippen LogP contribution >= 0.6 is 0 Å². The highest BCUT2D eigenvalue weighted by atomic mass is 32.2. The van der Waals surface area contributed by atoms with Crippen LogP contribution in [-0.4, -0.2) is 16.5 Å². The Hall–Kier alpha value is -1.15. The molecule has 8 heteroatoms. The molecule has 1 aromatic carbocycles. The minimum absolute atomic E-state index is 0.0612. The maximum Gasteiger partial charge on any atom is 0.419 e. The summed E-state index contributed by atoms with van der Waals surface area (Å²) in [4.78, 5) is 0. The van der Waals surface area contributed by atoms with E-state index < -0.39 is 40.3 Å². The zero-order valence-corrected chi connectivity index (χ0v) is 11.3.